The van der Waals surface area contributed by atoms with Crippen LogP contribution < -0.4 is 24.8 Å². The molecule has 3 aromatic carbocycles. The highest BCUT2D eigenvalue weighted by molar-refractivity contribution is 5.95. The van der Waals surface area contributed by atoms with Gasteiger partial charge in [-0.1, -0.05) is 6.08 Å². The van der Waals surface area contributed by atoms with Gasteiger partial charge in [-0.2, -0.15) is 0 Å². The second kappa shape index (κ2) is 13.3. The summed E-state index contributed by atoms with van der Waals surface area (Å²) in [4.78, 5) is 16.2. The molecule has 0 spiro atoms. The van der Waals surface area contributed by atoms with E-state index < -0.39 is 52.2 Å². The molecule has 11 heteroatoms. The van der Waals surface area contributed by atoms with Crippen molar-refractivity contribution < 1.29 is 36.9 Å². The Labute approximate surface area is 331 Å². The van der Waals surface area contributed by atoms with Crippen LogP contribution in [0, 0.1) is 23.3 Å². The number of hydrogen-bond acceptors (Lipinski definition) is 6. The molecule has 3 aromatic rings. The number of nitrogens with zero attached hydrogens (tertiary/aromatic N) is 3. The first-order valence-corrected chi connectivity index (χ1v) is 20.0. The van der Waals surface area contributed by atoms with E-state index in [9.17, 15) is 9.90 Å². The predicted octanol–water partition coefficient (Wildman–Crippen LogP) is 7.83. The van der Waals surface area contributed by atoms with E-state index in [0.29, 0.717) is 35.1 Å². The lowest BCUT2D eigenvalue weighted by atomic mass is 9.78. The summed E-state index contributed by atoms with van der Waals surface area (Å²) >= 11 is 0. The highest BCUT2D eigenvalue weighted by Crippen LogP contribution is 2.53. The molecule has 0 amide bonds. The molecule has 0 saturated heterocycles. The lowest BCUT2D eigenvalue weighted by molar-refractivity contribution is -0.155. The number of carbonyl (C=O) groups excluding carboxylic acids is 1. The van der Waals surface area contributed by atoms with Crippen molar-refractivity contribution in [3.05, 3.63) is 97.1 Å². The van der Waals surface area contributed by atoms with E-state index in [1.54, 1.807) is 20.8 Å². The Morgan fingerprint density at radius 2 is 1.60 bits per heavy atom. The normalized spacial score (nSPS) is 19.2. The number of halogens is 4. The van der Waals surface area contributed by atoms with Crippen molar-refractivity contribution in [1.82, 2.24) is 9.48 Å². The summed E-state index contributed by atoms with van der Waals surface area (Å²) in [7, 11) is 1.41. The maximum absolute atomic E-state index is 17.1. The molecule has 57 heavy (non-hydrogen) atoms. The van der Waals surface area contributed by atoms with Gasteiger partial charge in [-0.25, -0.2) is 22.1 Å². The number of anilines is 1. The average Bonchev–Trinajstić information content (AvgIpc) is 3.13. The van der Waals surface area contributed by atoms with Crippen LogP contribution in [-0.2, 0) is 22.4 Å². The first-order chi connectivity index (χ1) is 26.6. The summed E-state index contributed by atoms with van der Waals surface area (Å²) in [5.41, 5.74) is 4.33. The number of allylic oxidation sites excluding steroid dienone is 2. The van der Waals surface area contributed by atoms with E-state index in [-0.39, 0.29) is 29.6 Å². The zero-order valence-corrected chi connectivity index (χ0v) is 34.6. The summed E-state index contributed by atoms with van der Waals surface area (Å²) in [6.07, 6.45) is 5.10. The molecule has 5 aliphatic heterocycles. The van der Waals surface area contributed by atoms with Crippen LogP contribution in [0.4, 0.5) is 23.2 Å². The number of benzene rings is 3. The molecule has 0 aromatic heterocycles. The van der Waals surface area contributed by atoms with Gasteiger partial charge in [0.05, 0.1) is 23.2 Å². The van der Waals surface area contributed by atoms with Crippen molar-refractivity contribution in [2.45, 2.75) is 117 Å². The number of carbonyl (C=O) groups is 1. The quantitative estimate of drug-likeness (QED) is 0.0537. The smallest absolute Gasteiger partial charge is 0.307 e. The fourth-order valence-electron chi connectivity index (χ4n) is 9.94. The van der Waals surface area contributed by atoms with Crippen LogP contribution in [0.25, 0.3) is 16.7 Å². The number of aliphatic hydroxyl groups is 1. The summed E-state index contributed by atoms with van der Waals surface area (Å²) in [6.45, 7) is 19.3. The molecule has 5 heterocycles. The third-order valence-corrected chi connectivity index (χ3v) is 12.3. The number of ether oxygens (including phenoxy) is 2. The molecule has 8 rings (SSSR count). The van der Waals surface area contributed by atoms with Crippen LogP contribution in [0.5, 0.6) is 11.5 Å². The number of fused-ring (bicyclic) bond motifs is 4. The SMILES string of the molecule is CC1=CC(C)(C)N2CCCc3c4c(cc1c32)C(c1c(F)c(F)c(F)c(F)c1C(O)N(C)CCC(=O)OC(C)(C)C)=c1cc2c3c(c1O4)CCC[N+]=3C(C)(C)C=C2C. The largest absolute Gasteiger partial charge is 0.460 e. The van der Waals surface area contributed by atoms with Gasteiger partial charge in [0, 0.05) is 77.5 Å². The van der Waals surface area contributed by atoms with Gasteiger partial charge in [-0.15, -0.1) is 0 Å². The molecule has 0 radical (unpaired) electrons. The van der Waals surface area contributed by atoms with Crippen LogP contribution in [-0.4, -0.2) is 59.3 Å². The van der Waals surface area contributed by atoms with Gasteiger partial charge < -0.3 is 19.5 Å². The maximum Gasteiger partial charge on any atom is 0.307 e. The minimum absolute atomic E-state index is 0.110. The minimum Gasteiger partial charge on any atom is -0.460 e. The fraction of sp³-hybridized carbons (Fsp3) is 0.478. The molecule has 7 nitrogen and oxygen atoms in total. The third kappa shape index (κ3) is 6.13. The van der Waals surface area contributed by atoms with E-state index in [0.717, 1.165) is 70.4 Å². The summed E-state index contributed by atoms with van der Waals surface area (Å²) < 4.78 is 79.9. The Bertz CT molecular complexity index is 2490. The topological polar surface area (TPSA) is 65.3 Å². The Morgan fingerprint density at radius 1 is 0.930 bits per heavy atom. The molecule has 0 saturated carbocycles. The Kier molecular flexibility index (Phi) is 9.17. The van der Waals surface area contributed by atoms with Crippen LogP contribution >= 0.6 is 0 Å². The Balaban J connectivity index is 1.48. The summed E-state index contributed by atoms with van der Waals surface area (Å²) in [5.74, 6) is -7.00. The van der Waals surface area contributed by atoms with Crippen LogP contribution in [0.3, 0.4) is 0 Å². The van der Waals surface area contributed by atoms with Crippen LogP contribution in [0.2, 0.25) is 0 Å². The average molecular weight is 787 g/mol. The first-order valence-electron chi connectivity index (χ1n) is 20.0. The molecule has 0 aliphatic carbocycles. The number of rotatable bonds is 6. The zero-order valence-electron chi connectivity index (χ0n) is 34.6. The molecule has 0 bridgehead atoms. The Morgan fingerprint density at radius 3 is 2.30 bits per heavy atom. The van der Waals surface area contributed by atoms with Crippen molar-refractivity contribution in [2.75, 3.05) is 31.6 Å². The van der Waals surface area contributed by atoms with Crippen LogP contribution in [0.15, 0.2) is 24.3 Å². The van der Waals surface area contributed by atoms with Crippen molar-refractivity contribution in [1.29, 1.82) is 0 Å². The van der Waals surface area contributed by atoms with Gasteiger partial charge in [0.15, 0.2) is 28.8 Å². The monoisotopic (exact) mass is 786 g/mol. The van der Waals surface area contributed by atoms with E-state index in [4.69, 9.17) is 9.47 Å². The summed E-state index contributed by atoms with van der Waals surface area (Å²) in [5, 5.41) is 13.4. The highest BCUT2D eigenvalue weighted by atomic mass is 19.2. The van der Waals surface area contributed by atoms with Crippen molar-refractivity contribution >= 4 is 28.4 Å². The molecule has 0 fully saturated rings. The van der Waals surface area contributed by atoms with Gasteiger partial charge >= 0.3 is 5.97 Å². The Hall–Kier alpha value is -4.48. The van der Waals surface area contributed by atoms with Crippen molar-refractivity contribution in [3.8, 4) is 11.5 Å². The van der Waals surface area contributed by atoms with E-state index >= 15 is 17.6 Å². The molecule has 302 valence electrons. The predicted molar refractivity (Wildman–Crippen MR) is 214 cm³/mol. The molecule has 1 N–H and O–H groups in total. The summed E-state index contributed by atoms with van der Waals surface area (Å²) in [6, 6.07) is 3.80. The second-order valence-corrected chi connectivity index (χ2v) is 18.4. The lowest BCUT2D eigenvalue weighted by Gasteiger charge is -2.47. The first kappa shape index (κ1) is 39.4. The number of esters is 1. The van der Waals surface area contributed by atoms with E-state index in [1.807, 2.05) is 26.0 Å². The molecule has 1 atom stereocenters. The lowest BCUT2D eigenvalue weighted by Crippen LogP contribution is -2.53. The van der Waals surface area contributed by atoms with Crippen molar-refractivity contribution in [3.63, 3.8) is 0 Å². The van der Waals surface area contributed by atoms with Gasteiger partial charge in [-0.05, 0) is 104 Å². The molecule has 5 aliphatic rings. The van der Waals surface area contributed by atoms with Crippen molar-refractivity contribution in [2.24, 2.45) is 0 Å². The van der Waals surface area contributed by atoms with Gasteiger partial charge in [-0.3, -0.25) is 9.69 Å². The van der Waals surface area contributed by atoms with Gasteiger partial charge in [0.1, 0.15) is 29.9 Å². The second-order valence-electron chi connectivity index (χ2n) is 18.4. The maximum atomic E-state index is 17.1. The number of aliphatic hydroxyl groups excluding tert-OH is 1. The third-order valence-electron chi connectivity index (χ3n) is 12.3. The number of hydrogen-bond donors (Lipinski definition) is 1. The van der Waals surface area contributed by atoms with Gasteiger partial charge in [0.25, 0.3) is 0 Å². The van der Waals surface area contributed by atoms with Gasteiger partial charge in [0.2, 0.25) is 5.36 Å². The van der Waals surface area contributed by atoms with E-state index in [1.165, 1.54) is 11.9 Å². The molecular formula is C46H52F4N3O4+. The zero-order chi connectivity index (χ0) is 41.3. The van der Waals surface area contributed by atoms with Crippen LogP contribution in [0.1, 0.15) is 127 Å². The highest BCUT2D eigenvalue weighted by Gasteiger charge is 2.44. The fourth-order valence-corrected chi connectivity index (χ4v) is 9.94. The standard InChI is InChI=1S/C46H52F4N3O4/c1-23-21-45(6,7)52-16-11-13-25-39(52)27(23)19-29-32(30-20-28-24(2)22-46(8,9)53-17-12-14-26(40(28)53)42(30)56-41(25)29)33-34(36(48)38(50)37(49)35(33)47)43(55)51(10)18-15-31(54)57-44(3,4)5/h19-22,43,55H,11-18H2,1-10H3/q+1. The molecule has 1 unspecified atom stereocenters. The van der Waals surface area contributed by atoms with E-state index in [2.05, 4.69) is 49.3 Å². The molecular weight excluding hydrogens is 735 g/mol. The minimum atomic E-state index is -2.03.